The van der Waals surface area contributed by atoms with Crippen LogP contribution in [-0.4, -0.2) is 33.9 Å². The molecule has 1 aromatic heterocycles. The second-order valence-electron chi connectivity index (χ2n) is 7.76. The van der Waals surface area contributed by atoms with Gasteiger partial charge in [0.2, 0.25) is 6.79 Å². The predicted molar refractivity (Wildman–Crippen MR) is 123 cm³/mol. The van der Waals surface area contributed by atoms with Gasteiger partial charge in [-0.15, -0.1) is 0 Å². The van der Waals surface area contributed by atoms with E-state index in [0.717, 1.165) is 0 Å². The van der Waals surface area contributed by atoms with Crippen molar-refractivity contribution in [3.8, 4) is 17.2 Å². The summed E-state index contributed by atoms with van der Waals surface area (Å²) >= 11 is 6.43. The van der Waals surface area contributed by atoms with E-state index in [0.29, 0.717) is 49.9 Å². The van der Waals surface area contributed by atoms with Crippen LogP contribution in [0.4, 0.5) is 0 Å². The number of halogens is 1. The monoisotopic (exact) mass is 479 g/mol. The number of aromatic amines is 1. The standard InChI is InChI=1S/C25H18ClNO7/c26-19-10-22-21(33-12-34-22)8-15(19)7-18-17-9-16(4-5-20(17)27-23(18)25(30)31)32-11-13-2-1-3-14(6-13)24(28)29/h1-6,8-10,27H,7,11-12H2,(H,28,29)(H,30,31). The van der Waals surface area contributed by atoms with Gasteiger partial charge in [-0.1, -0.05) is 23.7 Å². The Labute approximate surface area is 198 Å². The summed E-state index contributed by atoms with van der Waals surface area (Å²) in [4.78, 5) is 26.1. The lowest BCUT2D eigenvalue weighted by molar-refractivity contribution is 0.0682. The Morgan fingerprint density at radius 1 is 1.00 bits per heavy atom. The molecule has 3 N–H and O–H groups in total. The van der Waals surface area contributed by atoms with Crippen LogP contribution in [0.2, 0.25) is 5.02 Å². The highest BCUT2D eigenvalue weighted by molar-refractivity contribution is 6.31. The third kappa shape index (κ3) is 4.11. The molecule has 34 heavy (non-hydrogen) atoms. The fourth-order valence-electron chi connectivity index (χ4n) is 3.93. The highest BCUT2D eigenvalue weighted by Gasteiger charge is 2.22. The Hall–Kier alpha value is -4.17. The fraction of sp³-hybridized carbons (Fsp3) is 0.120. The first-order valence-corrected chi connectivity index (χ1v) is 10.7. The van der Waals surface area contributed by atoms with Gasteiger partial charge in [0.25, 0.3) is 0 Å². The van der Waals surface area contributed by atoms with Crippen LogP contribution in [0.1, 0.15) is 37.5 Å². The maximum Gasteiger partial charge on any atom is 0.352 e. The quantitative estimate of drug-likeness (QED) is 0.337. The molecule has 5 rings (SSSR count). The van der Waals surface area contributed by atoms with Gasteiger partial charge in [-0.25, -0.2) is 9.59 Å². The summed E-state index contributed by atoms with van der Waals surface area (Å²) in [5.74, 6) is -0.473. The highest BCUT2D eigenvalue weighted by atomic mass is 35.5. The number of benzene rings is 3. The molecule has 172 valence electrons. The molecule has 0 radical (unpaired) electrons. The van der Waals surface area contributed by atoms with Crippen molar-refractivity contribution >= 4 is 34.4 Å². The fourth-order valence-corrected chi connectivity index (χ4v) is 4.15. The summed E-state index contributed by atoms with van der Waals surface area (Å²) in [6.45, 7) is 0.269. The number of rotatable bonds is 7. The van der Waals surface area contributed by atoms with E-state index < -0.39 is 11.9 Å². The molecule has 0 atom stereocenters. The van der Waals surface area contributed by atoms with Crippen molar-refractivity contribution < 1.29 is 34.0 Å². The van der Waals surface area contributed by atoms with E-state index >= 15 is 0 Å². The van der Waals surface area contributed by atoms with Crippen LogP contribution in [0.25, 0.3) is 10.9 Å². The largest absolute Gasteiger partial charge is 0.489 e. The summed E-state index contributed by atoms with van der Waals surface area (Å²) < 4.78 is 16.7. The maximum absolute atomic E-state index is 11.9. The summed E-state index contributed by atoms with van der Waals surface area (Å²) in [7, 11) is 0. The van der Waals surface area contributed by atoms with E-state index in [2.05, 4.69) is 4.98 Å². The first-order valence-electron chi connectivity index (χ1n) is 10.3. The number of carbonyl (C=O) groups is 2. The van der Waals surface area contributed by atoms with Crippen molar-refractivity contribution in [2.45, 2.75) is 13.0 Å². The Balaban J connectivity index is 1.47. The highest BCUT2D eigenvalue weighted by Crippen LogP contribution is 2.39. The first kappa shape index (κ1) is 21.7. The number of ether oxygens (including phenoxy) is 3. The number of hydrogen-bond acceptors (Lipinski definition) is 5. The van der Waals surface area contributed by atoms with E-state index in [4.69, 9.17) is 30.9 Å². The van der Waals surface area contributed by atoms with Crippen molar-refractivity contribution in [3.05, 3.63) is 87.6 Å². The topological polar surface area (TPSA) is 118 Å². The van der Waals surface area contributed by atoms with E-state index in [-0.39, 0.29) is 31.1 Å². The number of fused-ring (bicyclic) bond motifs is 2. The molecule has 0 fully saturated rings. The van der Waals surface area contributed by atoms with Crippen molar-refractivity contribution in [1.29, 1.82) is 0 Å². The lowest BCUT2D eigenvalue weighted by Crippen LogP contribution is -2.02. The summed E-state index contributed by atoms with van der Waals surface area (Å²) in [6, 6.07) is 15.1. The number of hydrogen-bond donors (Lipinski definition) is 3. The molecule has 0 amide bonds. The average molecular weight is 480 g/mol. The molecule has 0 bridgehead atoms. The molecule has 3 aromatic carbocycles. The number of aromatic nitrogens is 1. The Morgan fingerprint density at radius 3 is 2.56 bits per heavy atom. The number of H-pyrrole nitrogens is 1. The van der Waals surface area contributed by atoms with Gasteiger partial charge >= 0.3 is 11.9 Å². The normalized spacial score (nSPS) is 12.1. The van der Waals surface area contributed by atoms with Crippen LogP contribution in [0.15, 0.2) is 54.6 Å². The number of nitrogens with one attached hydrogen (secondary N) is 1. The van der Waals surface area contributed by atoms with E-state index in [9.17, 15) is 14.7 Å². The molecular formula is C25H18ClNO7. The van der Waals surface area contributed by atoms with E-state index in [1.54, 1.807) is 48.5 Å². The van der Waals surface area contributed by atoms with Crippen molar-refractivity contribution in [2.75, 3.05) is 6.79 Å². The van der Waals surface area contributed by atoms with E-state index in [1.807, 2.05) is 0 Å². The Kier molecular flexibility index (Phi) is 5.51. The molecule has 0 unspecified atom stereocenters. The molecule has 0 spiro atoms. The molecule has 1 aliphatic heterocycles. The van der Waals surface area contributed by atoms with Gasteiger partial charge in [0.05, 0.1) is 5.56 Å². The van der Waals surface area contributed by atoms with Crippen molar-refractivity contribution in [1.82, 2.24) is 4.98 Å². The van der Waals surface area contributed by atoms with Gasteiger partial charge in [-0.2, -0.15) is 0 Å². The second kappa shape index (κ2) is 8.64. The summed E-state index contributed by atoms with van der Waals surface area (Å²) in [5, 5.41) is 20.1. The van der Waals surface area contributed by atoms with Crippen LogP contribution < -0.4 is 14.2 Å². The molecule has 0 saturated carbocycles. The molecule has 0 saturated heterocycles. The van der Waals surface area contributed by atoms with Gasteiger partial charge in [-0.05, 0) is 53.1 Å². The smallest absolute Gasteiger partial charge is 0.352 e. The third-order valence-electron chi connectivity index (χ3n) is 5.58. The van der Waals surface area contributed by atoms with Crippen LogP contribution in [0, 0.1) is 0 Å². The summed E-state index contributed by atoms with van der Waals surface area (Å²) in [6.07, 6.45) is 0.251. The zero-order valence-electron chi connectivity index (χ0n) is 17.6. The Morgan fingerprint density at radius 2 is 1.79 bits per heavy atom. The van der Waals surface area contributed by atoms with E-state index in [1.165, 1.54) is 6.07 Å². The first-order chi connectivity index (χ1) is 16.4. The molecule has 0 aliphatic carbocycles. The van der Waals surface area contributed by atoms with Crippen LogP contribution in [0.3, 0.4) is 0 Å². The average Bonchev–Trinajstić information content (AvgIpc) is 3.42. The zero-order valence-corrected chi connectivity index (χ0v) is 18.4. The number of carboxylic acid groups (broad SMARTS) is 2. The van der Waals surface area contributed by atoms with Crippen LogP contribution in [0.5, 0.6) is 17.2 Å². The third-order valence-corrected chi connectivity index (χ3v) is 5.93. The zero-order chi connectivity index (χ0) is 23.8. The van der Waals surface area contributed by atoms with Gasteiger partial charge in [-0.3, -0.25) is 0 Å². The van der Waals surface area contributed by atoms with Crippen LogP contribution >= 0.6 is 11.6 Å². The molecule has 8 nitrogen and oxygen atoms in total. The number of aromatic carboxylic acids is 2. The van der Waals surface area contributed by atoms with Gasteiger partial charge < -0.3 is 29.4 Å². The molecule has 2 heterocycles. The minimum atomic E-state index is -1.09. The van der Waals surface area contributed by atoms with Crippen molar-refractivity contribution in [2.24, 2.45) is 0 Å². The minimum Gasteiger partial charge on any atom is -0.489 e. The van der Waals surface area contributed by atoms with Crippen molar-refractivity contribution in [3.63, 3.8) is 0 Å². The lowest BCUT2D eigenvalue weighted by Gasteiger charge is -2.09. The minimum absolute atomic E-state index is 0.0649. The van der Waals surface area contributed by atoms with Gasteiger partial charge in [0, 0.05) is 28.4 Å². The molecule has 4 aromatic rings. The SMILES string of the molecule is O=C(O)c1cccc(COc2ccc3[nH]c(C(=O)O)c(Cc4cc5c(cc4Cl)OCO5)c3c2)c1. The van der Waals surface area contributed by atoms with Gasteiger partial charge in [0.15, 0.2) is 11.5 Å². The Bertz CT molecular complexity index is 1440. The maximum atomic E-state index is 11.9. The predicted octanol–water partition coefficient (Wildman–Crippen LogP) is 5.12. The number of carboxylic acids is 2. The molecule has 1 aliphatic rings. The second-order valence-corrected chi connectivity index (χ2v) is 8.17. The summed E-state index contributed by atoms with van der Waals surface area (Å²) in [5.41, 5.74) is 2.84. The molecule has 9 heteroatoms. The lowest BCUT2D eigenvalue weighted by atomic mass is 10.0. The molecular weight excluding hydrogens is 462 g/mol. The van der Waals surface area contributed by atoms with Crippen LogP contribution in [-0.2, 0) is 13.0 Å². The van der Waals surface area contributed by atoms with Gasteiger partial charge in [0.1, 0.15) is 18.1 Å².